The number of para-hydroxylation sites is 1. The zero-order chi connectivity index (χ0) is 17.2. The molecule has 0 bridgehead atoms. The second-order valence-electron chi connectivity index (χ2n) is 6.10. The predicted molar refractivity (Wildman–Crippen MR) is 105 cm³/mol. The van der Waals surface area contributed by atoms with E-state index in [4.69, 9.17) is 0 Å². The highest BCUT2D eigenvalue weighted by Crippen LogP contribution is 2.29. The first-order valence-electron chi connectivity index (χ1n) is 8.56. The molecule has 0 atom stereocenters. The number of carbonyl (C=O) groups excluding carboxylic acids is 1. The molecule has 0 N–H and O–H groups in total. The van der Waals surface area contributed by atoms with Crippen LogP contribution in [0, 0.1) is 0 Å². The maximum Gasteiger partial charge on any atom is 0.185 e. The van der Waals surface area contributed by atoms with E-state index < -0.39 is 0 Å². The highest BCUT2D eigenvalue weighted by molar-refractivity contribution is 6.10. The molecule has 4 rings (SSSR count). The van der Waals surface area contributed by atoms with E-state index in [1.807, 2.05) is 36.4 Å². The van der Waals surface area contributed by atoms with Crippen molar-refractivity contribution in [3.63, 3.8) is 0 Å². The van der Waals surface area contributed by atoms with Crippen LogP contribution in [0.3, 0.4) is 0 Å². The number of allylic oxidation sites excluding steroid dienone is 1. The van der Waals surface area contributed by atoms with E-state index in [0.717, 1.165) is 12.1 Å². The average molecular weight is 325 g/mol. The molecule has 4 aromatic rings. The van der Waals surface area contributed by atoms with Crippen LogP contribution in [0.25, 0.3) is 27.9 Å². The third-order valence-corrected chi connectivity index (χ3v) is 4.60. The van der Waals surface area contributed by atoms with Crippen molar-refractivity contribution in [1.82, 2.24) is 4.57 Å². The number of carbonyl (C=O) groups is 1. The quantitative estimate of drug-likeness (QED) is 0.348. The van der Waals surface area contributed by atoms with Crippen molar-refractivity contribution in [3.8, 4) is 0 Å². The topological polar surface area (TPSA) is 22.0 Å². The van der Waals surface area contributed by atoms with E-state index in [1.165, 1.54) is 21.8 Å². The fourth-order valence-electron chi connectivity index (χ4n) is 3.39. The first-order valence-corrected chi connectivity index (χ1v) is 8.56. The van der Waals surface area contributed by atoms with Crippen LogP contribution in [0.2, 0.25) is 0 Å². The molecule has 0 aliphatic carbocycles. The summed E-state index contributed by atoms with van der Waals surface area (Å²) < 4.78 is 2.33. The fourth-order valence-corrected chi connectivity index (χ4v) is 3.39. The molecule has 0 aliphatic rings. The van der Waals surface area contributed by atoms with Crippen LogP contribution in [0.5, 0.6) is 0 Å². The number of hydrogen-bond acceptors (Lipinski definition) is 1. The van der Waals surface area contributed by atoms with Gasteiger partial charge in [-0.15, -0.1) is 0 Å². The number of fused-ring (bicyclic) bond motifs is 3. The molecule has 122 valence electrons. The molecular formula is C23H19NO. The molecule has 0 spiro atoms. The van der Waals surface area contributed by atoms with Crippen LogP contribution >= 0.6 is 0 Å². The Balaban J connectivity index is 1.76. The summed E-state index contributed by atoms with van der Waals surface area (Å²) in [5.74, 6) is 0.0247. The Hall–Kier alpha value is -3.13. The SMILES string of the molecule is CCn1c2ccccc2c2cc(C=CC(=O)c3ccccc3)ccc21. The van der Waals surface area contributed by atoms with Gasteiger partial charge in [0.15, 0.2) is 5.78 Å². The van der Waals surface area contributed by atoms with Crippen molar-refractivity contribution in [2.24, 2.45) is 0 Å². The largest absolute Gasteiger partial charge is 0.341 e. The third-order valence-electron chi connectivity index (χ3n) is 4.60. The molecule has 0 aliphatic heterocycles. The number of aromatic nitrogens is 1. The minimum atomic E-state index is 0.0247. The Kier molecular flexibility index (Phi) is 3.95. The monoisotopic (exact) mass is 325 g/mol. The van der Waals surface area contributed by atoms with Crippen molar-refractivity contribution in [1.29, 1.82) is 0 Å². The third kappa shape index (κ3) is 2.76. The number of rotatable bonds is 4. The molecule has 2 nitrogen and oxygen atoms in total. The van der Waals surface area contributed by atoms with Gasteiger partial charge in [0.2, 0.25) is 0 Å². The van der Waals surface area contributed by atoms with Crippen LogP contribution in [-0.2, 0) is 6.54 Å². The minimum absolute atomic E-state index is 0.0247. The van der Waals surface area contributed by atoms with E-state index in [0.29, 0.717) is 5.56 Å². The van der Waals surface area contributed by atoms with Crippen LogP contribution in [0.1, 0.15) is 22.8 Å². The van der Waals surface area contributed by atoms with E-state index in [2.05, 4.69) is 54.0 Å². The minimum Gasteiger partial charge on any atom is -0.341 e. The van der Waals surface area contributed by atoms with Gasteiger partial charge in [0.1, 0.15) is 0 Å². The lowest BCUT2D eigenvalue weighted by Gasteiger charge is -2.02. The lowest BCUT2D eigenvalue weighted by Crippen LogP contribution is -1.93. The van der Waals surface area contributed by atoms with E-state index in [9.17, 15) is 4.79 Å². The van der Waals surface area contributed by atoms with Crippen LogP contribution in [0.15, 0.2) is 78.9 Å². The zero-order valence-electron chi connectivity index (χ0n) is 14.1. The second kappa shape index (κ2) is 6.40. The van der Waals surface area contributed by atoms with Crippen LogP contribution in [-0.4, -0.2) is 10.4 Å². The molecule has 0 amide bonds. The zero-order valence-corrected chi connectivity index (χ0v) is 14.1. The van der Waals surface area contributed by atoms with Gasteiger partial charge in [-0.25, -0.2) is 0 Å². The summed E-state index contributed by atoms with van der Waals surface area (Å²) in [6.07, 6.45) is 3.54. The van der Waals surface area contributed by atoms with Crippen LogP contribution < -0.4 is 0 Å². The smallest absolute Gasteiger partial charge is 0.185 e. The standard InChI is InChI=1S/C23H19NO/c1-2-24-21-11-7-6-10-19(21)20-16-17(12-14-22(20)24)13-15-23(25)18-8-4-3-5-9-18/h3-16H,2H2,1H3. The van der Waals surface area contributed by atoms with Gasteiger partial charge in [0.05, 0.1) is 0 Å². The van der Waals surface area contributed by atoms with Gasteiger partial charge in [-0.2, -0.15) is 0 Å². The van der Waals surface area contributed by atoms with Crippen molar-refractivity contribution in [2.45, 2.75) is 13.5 Å². The van der Waals surface area contributed by atoms with Crippen molar-refractivity contribution < 1.29 is 4.79 Å². The molecule has 3 aromatic carbocycles. The lowest BCUT2D eigenvalue weighted by molar-refractivity contribution is 0.104. The highest BCUT2D eigenvalue weighted by atomic mass is 16.1. The highest BCUT2D eigenvalue weighted by Gasteiger charge is 2.09. The van der Waals surface area contributed by atoms with Crippen LogP contribution in [0.4, 0.5) is 0 Å². The van der Waals surface area contributed by atoms with E-state index in [-0.39, 0.29) is 5.78 Å². The van der Waals surface area contributed by atoms with E-state index in [1.54, 1.807) is 6.08 Å². The molecule has 1 aromatic heterocycles. The summed E-state index contributed by atoms with van der Waals surface area (Å²) in [4.78, 5) is 12.3. The summed E-state index contributed by atoms with van der Waals surface area (Å²) in [6, 6.07) is 24.2. The number of aryl methyl sites for hydroxylation is 1. The number of ketones is 1. The van der Waals surface area contributed by atoms with Gasteiger partial charge in [0, 0.05) is 33.9 Å². The molecule has 2 heteroatoms. The molecular weight excluding hydrogens is 306 g/mol. The molecule has 0 radical (unpaired) electrons. The summed E-state index contributed by atoms with van der Waals surface area (Å²) in [5.41, 5.74) is 4.23. The summed E-state index contributed by atoms with van der Waals surface area (Å²) in [5, 5.41) is 2.48. The molecule has 25 heavy (non-hydrogen) atoms. The Labute approximate surface area is 147 Å². The average Bonchev–Trinajstić information content (AvgIpc) is 3.00. The normalized spacial score (nSPS) is 11.6. The van der Waals surface area contributed by atoms with E-state index >= 15 is 0 Å². The summed E-state index contributed by atoms with van der Waals surface area (Å²) in [7, 11) is 0. The fraction of sp³-hybridized carbons (Fsp3) is 0.0870. The predicted octanol–water partition coefficient (Wildman–Crippen LogP) is 5.71. The number of benzene rings is 3. The summed E-state index contributed by atoms with van der Waals surface area (Å²) >= 11 is 0. The molecule has 0 saturated heterocycles. The van der Waals surface area contributed by atoms with Gasteiger partial charge in [-0.1, -0.05) is 60.7 Å². The maximum absolute atomic E-state index is 12.3. The maximum atomic E-state index is 12.3. The Morgan fingerprint density at radius 1 is 0.880 bits per heavy atom. The van der Waals surface area contributed by atoms with Gasteiger partial charge in [-0.05, 0) is 36.8 Å². The molecule has 0 unspecified atom stereocenters. The Morgan fingerprint density at radius 2 is 1.60 bits per heavy atom. The van der Waals surface area contributed by atoms with Gasteiger partial charge >= 0.3 is 0 Å². The van der Waals surface area contributed by atoms with Crippen molar-refractivity contribution >= 4 is 33.7 Å². The summed E-state index contributed by atoms with van der Waals surface area (Å²) in [6.45, 7) is 3.10. The molecule has 0 saturated carbocycles. The molecule has 0 fully saturated rings. The van der Waals surface area contributed by atoms with Crippen molar-refractivity contribution in [3.05, 3.63) is 90.0 Å². The Bertz CT molecular complexity index is 1090. The second-order valence-corrected chi connectivity index (χ2v) is 6.10. The number of hydrogen-bond donors (Lipinski definition) is 0. The van der Waals surface area contributed by atoms with Gasteiger partial charge in [0.25, 0.3) is 0 Å². The lowest BCUT2D eigenvalue weighted by atomic mass is 10.1. The first kappa shape index (κ1) is 15.4. The van der Waals surface area contributed by atoms with Gasteiger partial charge < -0.3 is 4.57 Å². The number of nitrogens with zero attached hydrogens (tertiary/aromatic N) is 1. The first-order chi connectivity index (χ1) is 12.3. The van der Waals surface area contributed by atoms with Crippen molar-refractivity contribution in [2.75, 3.05) is 0 Å². The Morgan fingerprint density at radius 3 is 2.40 bits per heavy atom. The molecule has 1 heterocycles. The van der Waals surface area contributed by atoms with Gasteiger partial charge in [-0.3, -0.25) is 4.79 Å².